The van der Waals surface area contributed by atoms with E-state index in [1.54, 1.807) is 0 Å². The average Bonchev–Trinajstić information content (AvgIpc) is 3.17. The summed E-state index contributed by atoms with van der Waals surface area (Å²) in [4.78, 5) is 27.8. The average molecular weight is 278 g/mol. The molecule has 0 saturated heterocycles. The molecule has 3 rings (SSSR count). The Morgan fingerprint density at radius 1 is 1.25 bits per heavy atom. The number of aliphatic carboxylic acids is 1. The molecule has 1 heterocycles. The lowest BCUT2D eigenvalue weighted by molar-refractivity contribution is -0.145. The summed E-state index contributed by atoms with van der Waals surface area (Å²) in [5.41, 5.74) is -1.16. The molecule has 7 nitrogen and oxygen atoms in total. The Balaban J connectivity index is 1.73. The van der Waals surface area contributed by atoms with Crippen LogP contribution in [0.4, 0.5) is 0 Å². The molecule has 2 saturated carbocycles. The lowest BCUT2D eigenvalue weighted by Crippen LogP contribution is -2.55. The van der Waals surface area contributed by atoms with E-state index in [0.29, 0.717) is 18.8 Å². The summed E-state index contributed by atoms with van der Waals surface area (Å²) in [5, 5.41) is 18.7. The van der Waals surface area contributed by atoms with Crippen LogP contribution in [0.2, 0.25) is 0 Å². The lowest BCUT2D eigenvalue weighted by atomic mass is 9.81. The fraction of sp³-hybridized carbons (Fsp3) is 0.692. The van der Waals surface area contributed by atoms with Gasteiger partial charge in [-0.05, 0) is 25.7 Å². The molecule has 2 fully saturated rings. The number of hydrogen-bond acceptors (Lipinski definition) is 4. The molecule has 0 unspecified atom stereocenters. The van der Waals surface area contributed by atoms with Crippen molar-refractivity contribution in [1.82, 2.24) is 20.5 Å². The molecule has 2 aliphatic rings. The van der Waals surface area contributed by atoms with Crippen LogP contribution in [-0.4, -0.2) is 37.7 Å². The second kappa shape index (κ2) is 4.88. The molecule has 0 spiro atoms. The Labute approximate surface area is 116 Å². The van der Waals surface area contributed by atoms with Crippen LogP contribution in [0, 0.1) is 0 Å². The van der Waals surface area contributed by atoms with E-state index in [1.165, 1.54) is 0 Å². The minimum atomic E-state index is -1.16. The van der Waals surface area contributed by atoms with E-state index in [9.17, 15) is 14.7 Å². The molecule has 0 radical (unpaired) electrons. The van der Waals surface area contributed by atoms with Crippen molar-refractivity contribution in [3.8, 4) is 0 Å². The van der Waals surface area contributed by atoms with E-state index in [1.807, 2.05) is 0 Å². The first-order chi connectivity index (χ1) is 9.61. The van der Waals surface area contributed by atoms with Crippen molar-refractivity contribution in [3.05, 3.63) is 11.6 Å². The number of aromatic amines is 1. The molecule has 0 aliphatic heterocycles. The highest BCUT2D eigenvalue weighted by atomic mass is 16.4. The molecule has 0 aromatic carbocycles. The standard InChI is InChI=1S/C13H18N4O3/c18-11(10-14-9(16-17-10)8-4-5-8)15-13(12(19)20)6-2-1-3-7-13/h8H,1-7H2,(H,15,18)(H,19,20)(H,14,16,17). The summed E-state index contributed by atoms with van der Waals surface area (Å²) in [7, 11) is 0. The highest BCUT2D eigenvalue weighted by Crippen LogP contribution is 2.37. The highest BCUT2D eigenvalue weighted by Gasteiger charge is 2.41. The van der Waals surface area contributed by atoms with Gasteiger partial charge in [-0.2, -0.15) is 0 Å². The fourth-order valence-corrected chi connectivity index (χ4v) is 2.74. The third kappa shape index (κ3) is 2.39. The second-order valence-corrected chi connectivity index (χ2v) is 5.72. The highest BCUT2D eigenvalue weighted by molar-refractivity contribution is 5.95. The van der Waals surface area contributed by atoms with E-state index in [0.717, 1.165) is 37.9 Å². The minimum absolute atomic E-state index is 0.0399. The first kappa shape index (κ1) is 13.1. The van der Waals surface area contributed by atoms with Gasteiger partial charge < -0.3 is 10.4 Å². The van der Waals surface area contributed by atoms with Gasteiger partial charge in [0.1, 0.15) is 11.4 Å². The molecule has 3 N–H and O–H groups in total. The Bertz CT molecular complexity index is 529. The van der Waals surface area contributed by atoms with Crippen LogP contribution in [0.5, 0.6) is 0 Å². The Morgan fingerprint density at radius 2 is 1.95 bits per heavy atom. The van der Waals surface area contributed by atoms with Crippen molar-refractivity contribution in [2.75, 3.05) is 0 Å². The number of aromatic nitrogens is 3. The third-order valence-electron chi connectivity index (χ3n) is 4.14. The molecule has 1 aromatic heterocycles. The van der Waals surface area contributed by atoms with Crippen LogP contribution < -0.4 is 5.32 Å². The molecule has 108 valence electrons. The van der Waals surface area contributed by atoms with E-state index in [4.69, 9.17) is 0 Å². The zero-order chi connectivity index (χ0) is 14.2. The summed E-state index contributed by atoms with van der Waals surface area (Å²) in [5.74, 6) is -0.325. The fourth-order valence-electron chi connectivity index (χ4n) is 2.74. The van der Waals surface area contributed by atoms with Crippen molar-refractivity contribution in [1.29, 1.82) is 0 Å². The number of hydrogen-bond donors (Lipinski definition) is 3. The van der Waals surface area contributed by atoms with Crippen LogP contribution in [0.15, 0.2) is 0 Å². The van der Waals surface area contributed by atoms with E-state index < -0.39 is 17.4 Å². The molecule has 2 aliphatic carbocycles. The van der Waals surface area contributed by atoms with Crippen molar-refractivity contribution < 1.29 is 14.7 Å². The van der Waals surface area contributed by atoms with Crippen LogP contribution in [0.1, 0.15) is 67.3 Å². The van der Waals surface area contributed by atoms with Crippen molar-refractivity contribution in [3.63, 3.8) is 0 Å². The maximum atomic E-state index is 12.2. The molecule has 1 aromatic rings. The number of carboxylic acid groups (broad SMARTS) is 1. The van der Waals surface area contributed by atoms with Crippen LogP contribution in [0.3, 0.4) is 0 Å². The van der Waals surface area contributed by atoms with E-state index >= 15 is 0 Å². The van der Waals surface area contributed by atoms with Crippen LogP contribution >= 0.6 is 0 Å². The van der Waals surface area contributed by atoms with Gasteiger partial charge in [0.25, 0.3) is 5.91 Å². The third-order valence-corrected chi connectivity index (χ3v) is 4.14. The summed E-state index contributed by atoms with van der Waals surface area (Å²) >= 11 is 0. The molecule has 0 atom stereocenters. The molecule has 0 bridgehead atoms. The number of nitrogens with one attached hydrogen (secondary N) is 2. The number of carbonyl (C=O) groups is 2. The Morgan fingerprint density at radius 3 is 2.55 bits per heavy atom. The quantitative estimate of drug-likeness (QED) is 0.767. The van der Waals surface area contributed by atoms with Crippen molar-refractivity contribution in [2.24, 2.45) is 0 Å². The summed E-state index contributed by atoms with van der Waals surface area (Å²) < 4.78 is 0. The van der Waals surface area contributed by atoms with Gasteiger partial charge >= 0.3 is 5.97 Å². The first-order valence-corrected chi connectivity index (χ1v) is 7.09. The largest absolute Gasteiger partial charge is 0.480 e. The SMILES string of the molecule is O=C(NC1(C(=O)O)CCCCC1)c1n[nH]c(C2CC2)n1. The van der Waals surface area contributed by atoms with Gasteiger partial charge in [0.15, 0.2) is 0 Å². The first-order valence-electron chi connectivity index (χ1n) is 7.09. The van der Waals surface area contributed by atoms with Gasteiger partial charge in [0.2, 0.25) is 5.82 Å². The molecular weight excluding hydrogens is 260 g/mol. The van der Waals surface area contributed by atoms with Crippen LogP contribution in [-0.2, 0) is 4.79 Å². The van der Waals surface area contributed by atoms with Gasteiger partial charge in [0, 0.05) is 5.92 Å². The number of rotatable bonds is 4. The monoisotopic (exact) mass is 278 g/mol. The summed E-state index contributed by atoms with van der Waals surface area (Å²) in [6.07, 6.45) is 5.70. The summed E-state index contributed by atoms with van der Waals surface area (Å²) in [6.45, 7) is 0. The number of amides is 1. The Kier molecular flexibility index (Phi) is 3.19. The van der Waals surface area contributed by atoms with Crippen LogP contribution in [0.25, 0.3) is 0 Å². The molecular formula is C13H18N4O3. The maximum Gasteiger partial charge on any atom is 0.329 e. The number of carboxylic acids is 1. The van der Waals surface area contributed by atoms with Gasteiger partial charge in [-0.15, -0.1) is 5.10 Å². The second-order valence-electron chi connectivity index (χ2n) is 5.72. The molecule has 20 heavy (non-hydrogen) atoms. The number of carbonyl (C=O) groups excluding carboxylic acids is 1. The predicted molar refractivity (Wildman–Crippen MR) is 69.3 cm³/mol. The minimum Gasteiger partial charge on any atom is -0.480 e. The predicted octanol–water partition coefficient (Wildman–Crippen LogP) is 1.20. The normalized spacial score (nSPS) is 21.4. The summed E-state index contributed by atoms with van der Waals surface area (Å²) in [6, 6.07) is 0. The van der Waals surface area contributed by atoms with Gasteiger partial charge in [-0.25, -0.2) is 9.78 Å². The molecule has 1 amide bonds. The van der Waals surface area contributed by atoms with Gasteiger partial charge in [0.05, 0.1) is 0 Å². The van der Waals surface area contributed by atoms with E-state index in [-0.39, 0.29) is 5.82 Å². The van der Waals surface area contributed by atoms with Gasteiger partial charge in [-0.3, -0.25) is 9.89 Å². The molecule has 7 heteroatoms. The van der Waals surface area contributed by atoms with Crippen molar-refractivity contribution >= 4 is 11.9 Å². The van der Waals surface area contributed by atoms with Crippen molar-refractivity contribution in [2.45, 2.75) is 56.4 Å². The zero-order valence-electron chi connectivity index (χ0n) is 11.2. The number of H-pyrrole nitrogens is 1. The van der Waals surface area contributed by atoms with Gasteiger partial charge in [-0.1, -0.05) is 19.3 Å². The lowest BCUT2D eigenvalue weighted by Gasteiger charge is -2.33. The Hall–Kier alpha value is -1.92. The zero-order valence-corrected chi connectivity index (χ0v) is 11.2. The maximum absolute atomic E-state index is 12.2. The number of nitrogens with zero attached hydrogens (tertiary/aromatic N) is 2. The topological polar surface area (TPSA) is 108 Å². The smallest absolute Gasteiger partial charge is 0.329 e. The van der Waals surface area contributed by atoms with E-state index in [2.05, 4.69) is 20.5 Å².